The first-order valence-corrected chi connectivity index (χ1v) is 9.87. The molecule has 0 aliphatic rings. The zero-order chi connectivity index (χ0) is 23.0. The summed E-state index contributed by atoms with van der Waals surface area (Å²) in [7, 11) is 1.48. The molecule has 0 amide bonds. The molecule has 13 heteroatoms. The van der Waals surface area contributed by atoms with E-state index in [9.17, 15) is 22.3 Å². The number of benzene rings is 1. The fourth-order valence-corrected chi connectivity index (χ4v) is 3.56. The monoisotopic (exact) mass is 482 g/mol. The Balaban J connectivity index is 1.58. The maximum absolute atomic E-state index is 13.1. The van der Waals surface area contributed by atoms with Gasteiger partial charge in [-0.05, 0) is 17.2 Å². The molecule has 0 atom stereocenters. The van der Waals surface area contributed by atoms with Crippen molar-refractivity contribution in [1.82, 2.24) is 23.5 Å². The van der Waals surface area contributed by atoms with Gasteiger partial charge in [0.25, 0.3) is 0 Å². The lowest BCUT2D eigenvalue weighted by molar-refractivity contribution is -0.140. The molecule has 0 aliphatic heterocycles. The summed E-state index contributed by atoms with van der Waals surface area (Å²) < 4.78 is 59.8. The lowest BCUT2D eigenvalue weighted by Gasteiger charge is -2.08. The van der Waals surface area contributed by atoms with Crippen molar-refractivity contribution in [1.29, 1.82) is 5.26 Å². The minimum absolute atomic E-state index is 0.00680. The molecule has 3 heterocycles. The van der Waals surface area contributed by atoms with Crippen LogP contribution in [-0.4, -0.2) is 23.5 Å². The number of nitriles is 1. The topological polar surface area (TPSA) is 81.6 Å². The third kappa shape index (κ3) is 4.09. The Morgan fingerprint density at radius 3 is 2.47 bits per heavy atom. The van der Waals surface area contributed by atoms with E-state index in [0.29, 0.717) is 11.1 Å². The molecule has 0 fully saturated rings. The zero-order valence-electron chi connectivity index (χ0n) is 16.1. The highest BCUT2D eigenvalue weighted by atomic mass is 35.5. The first-order valence-electron chi connectivity index (χ1n) is 8.81. The van der Waals surface area contributed by atoms with Gasteiger partial charge in [-0.3, -0.25) is 0 Å². The number of hydrogen-bond donors (Lipinski definition) is 0. The molecule has 0 N–H and O–H groups in total. The van der Waals surface area contributed by atoms with Gasteiger partial charge in [-0.2, -0.15) is 28.4 Å². The van der Waals surface area contributed by atoms with Crippen molar-refractivity contribution in [3.8, 4) is 23.3 Å². The lowest BCUT2D eigenvalue weighted by Crippen LogP contribution is -2.04. The SMILES string of the molecule is Cn1cc(C(F)(F)F)nc1-c1ccc(COc2nc(Cl)nc3c2c(C#N)cn3SF)cc1. The number of ether oxygens (including phenoxy) is 1. The van der Waals surface area contributed by atoms with E-state index in [1.54, 1.807) is 24.3 Å². The summed E-state index contributed by atoms with van der Waals surface area (Å²) in [5.41, 5.74) is 0.388. The summed E-state index contributed by atoms with van der Waals surface area (Å²) in [5.74, 6) is 0.171. The van der Waals surface area contributed by atoms with Gasteiger partial charge in [0.1, 0.15) is 23.9 Å². The second kappa shape index (κ2) is 8.33. The molecule has 0 bridgehead atoms. The Hall–Kier alpha value is -3.30. The van der Waals surface area contributed by atoms with Crippen LogP contribution in [0.4, 0.5) is 17.1 Å². The van der Waals surface area contributed by atoms with Crippen LogP contribution in [-0.2, 0) is 19.8 Å². The summed E-state index contributed by atoms with van der Waals surface area (Å²) in [5, 5.41) is 9.35. The van der Waals surface area contributed by atoms with Crippen molar-refractivity contribution in [2.24, 2.45) is 7.05 Å². The zero-order valence-corrected chi connectivity index (χ0v) is 17.6. The molecule has 0 unspecified atom stereocenters. The largest absolute Gasteiger partial charge is 0.472 e. The Morgan fingerprint density at radius 1 is 1.16 bits per heavy atom. The average Bonchev–Trinajstić information content (AvgIpc) is 3.32. The second-order valence-corrected chi connectivity index (χ2v) is 7.46. The average molecular weight is 483 g/mol. The minimum atomic E-state index is -4.53. The van der Waals surface area contributed by atoms with Crippen molar-refractivity contribution in [3.63, 3.8) is 0 Å². The normalized spacial score (nSPS) is 11.7. The number of aryl methyl sites for hydroxylation is 1. The molecule has 3 aromatic heterocycles. The Morgan fingerprint density at radius 2 is 1.88 bits per heavy atom. The molecular weight excluding hydrogens is 472 g/mol. The van der Waals surface area contributed by atoms with Crippen LogP contribution >= 0.6 is 23.9 Å². The van der Waals surface area contributed by atoms with Crippen LogP contribution < -0.4 is 4.74 Å². The molecule has 4 rings (SSSR count). The van der Waals surface area contributed by atoms with E-state index < -0.39 is 11.9 Å². The van der Waals surface area contributed by atoms with Gasteiger partial charge in [-0.15, -0.1) is 3.89 Å². The molecule has 164 valence electrons. The van der Waals surface area contributed by atoms with Crippen molar-refractivity contribution in [2.75, 3.05) is 0 Å². The second-order valence-electron chi connectivity index (χ2n) is 6.59. The number of imidazole rings is 1. The summed E-state index contributed by atoms with van der Waals surface area (Å²) in [6.45, 7) is 0.00983. The maximum Gasteiger partial charge on any atom is 0.434 e. The number of alkyl halides is 3. The third-order valence-electron chi connectivity index (χ3n) is 4.50. The van der Waals surface area contributed by atoms with Crippen LogP contribution in [0.2, 0.25) is 5.28 Å². The third-order valence-corrected chi connectivity index (χ3v) is 5.10. The van der Waals surface area contributed by atoms with Crippen molar-refractivity contribution < 1.29 is 21.8 Å². The molecule has 0 saturated carbocycles. The summed E-state index contributed by atoms with van der Waals surface area (Å²) in [6.07, 6.45) is -2.36. The van der Waals surface area contributed by atoms with Crippen LogP contribution in [0, 0.1) is 11.3 Å². The maximum atomic E-state index is 13.1. The molecule has 32 heavy (non-hydrogen) atoms. The van der Waals surface area contributed by atoms with Gasteiger partial charge in [0.05, 0.1) is 5.56 Å². The Kier molecular flexibility index (Phi) is 5.70. The molecule has 1 aromatic carbocycles. The van der Waals surface area contributed by atoms with Crippen LogP contribution in [0.15, 0.2) is 36.7 Å². The number of fused-ring (bicyclic) bond motifs is 1. The molecule has 0 spiro atoms. The summed E-state index contributed by atoms with van der Waals surface area (Å²) in [4.78, 5) is 11.6. The van der Waals surface area contributed by atoms with E-state index in [1.165, 1.54) is 17.8 Å². The smallest absolute Gasteiger partial charge is 0.434 e. The number of halogens is 5. The van der Waals surface area contributed by atoms with E-state index in [-0.39, 0.29) is 52.5 Å². The van der Waals surface area contributed by atoms with Crippen LogP contribution in [0.5, 0.6) is 5.88 Å². The lowest BCUT2D eigenvalue weighted by atomic mass is 10.1. The fourth-order valence-electron chi connectivity index (χ4n) is 3.06. The van der Waals surface area contributed by atoms with Gasteiger partial charge in [0.2, 0.25) is 11.2 Å². The molecule has 7 nitrogen and oxygen atoms in total. The van der Waals surface area contributed by atoms with Crippen molar-refractivity contribution in [2.45, 2.75) is 12.8 Å². The summed E-state index contributed by atoms with van der Waals surface area (Å²) >= 11 is 5.76. The van der Waals surface area contributed by atoms with Crippen LogP contribution in [0.25, 0.3) is 22.4 Å². The van der Waals surface area contributed by atoms with Gasteiger partial charge >= 0.3 is 6.18 Å². The van der Waals surface area contributed by atoms with Crippen LogP contribution in [0.1, 0.15) is 16.8 Å². The van der Waals surface area contributed by atoms with E-state index >= 15 is 0 Å². The van der Waals surface area contributed by atoms with Gasteiger partial charge in [0.15, 0.2) is 23.7 Å². The predicted molar refractivity (Wildman–Crippen MR) is 109 cm³/mol. The quantitative estimate of drug-likeness (QED) is 0.282. The van der Waals surface area contributed by atoms with Gasteiger partial charge in [-0.25, -0.2) is 8.96 Å². The number of aromatic nitrogens is 5. The van der Waals surface area contributed by atoms with Crippen molar-refractivity contribution >= 4 is 35.0 Å². The van der Waals surface area contributed by atoms with Crippen molar-refractivity contribution in [3.05, 3.63) is 58.8 Å². The highest BCUT2D eigenvalue weighted by molar-refractivity contribution is 7.92. The molecule has 0 radical (unpaired) electrons. The number of hydrogen-bond acceptors (Lipinski definition) is 6. The standard InChI is InChI=1S/C19H11ClF4N6OS/c1-29-8-13(19(21,22)23)26-15(29)11-4-2-10(3-5-11)9-31-17-14-12(6-25)7-30(32-24)16(14)27-18(20)28-17/h2-5,7-8H,9H2,1H3. The molecule has 4 aromatic rings. The predicted octanol–water partition coefficient (Wildman–Crippen LogP) is 5.34. The van der Waals surface area contributed by atoms with Gasteiger partial charge in [-0.1, -0.05) is 24.3 Å². The first-order chi connectivity index (χ1) is 15.2. The molecular formula is C19H11ClF4N6OS. The molecule has 0 saturated heterocycles. The number of rotatable bonds is 5. The fraction of sp³-hybridized carbons (Fsp3) is 0.158. The van der Waals surface area contributed by atoms with Gasteiger partial charge in [0, 0.05) is 25.0 Å². The first kappa shape index (κ1) is 21.9. The van der Waals surface area contributed by atoms with Crippen LogP contribution in [0.3, 0.4) is 0 Å². The van der Waals surface area contributed by atoms with Gasteiger partial charge < -0.3 is 9.30 Å². The Labute approximate surface area is 187 Å². The molecule has 0 aliphatic carbocycles. The minimum Gasteiger partial charge on any atom is -0.472 e. The van der Waals surface area contributed by atoms with E-state index in [0.717, 1.165) is 10.2 Å². The highest BCUT2D eigenvalue weighted by Crippen LogP contribution is 2.33. The summed E-state index contributed by atoms with van der Waals surface area (Å²) in [6, 6.07) is 8.47. The Bertz CT molecular complexity index is 1340. The van der Waals surface area contributed by atoms with E-state index in [4.69, 9.17) is 16.3 Å². The highest BCUT2D eigenvalue weighted by Gasteiger charge is 2.34. The number of nitrogens with zero attached hydrogens (tertiary/aromatic N) is 6. The van der Waals surface area contributed by atoms with E-state index in [2.05, 4.69) is 15.0 Å². The van der Waals surface area contributed by atoms with E-state index in [1.807, 2.05) is 6.07 Å².